The van der Waals surface area contributed by atoms with Crippen LogP contribution in [0.15, 0.2) is 12.7 Å². The van der Waals surface area contributed by atoms with Crippen molar-refractivity contribution in [1.29, 1.82) is 0 Å². The number of rotatable bonds is 4. The van der Waals surface area contributed by atoms with Gasteiger partial charge in [-0.2, -0.15) is 0 Å². The monoisotopic (exact) mass is 170 g/mol. The van der Waals surface area contributed by atoms with Crippen molar-refractivity contribution in [2.24, 2.45) is 5.92 Å². The van der Waals surface area contributed by atoms with Crippen LogP contribution in [0.3, 0.4) is 0 Å². The molecule has 0 aliphatic carbocycles. The fourth-order valence-electron chi connectivity index (χ4n) is 1.66. The summed E-state index contributed by atoms with van der Waals surface area (Å²) in [7, 11) is 0. The molecule has 1 N–H and O–H groups in total. The number of aliphatic hydroxyl groups excluding tert-OH is 1. The highest BCUT2D eigenvalue weighted by Crippen LogP contribution is 2.24. The van der Waals surface area contributed by atoms with Crippen molar-refractivity contribution in [3.05, 3.63) is 12.7 Å². The van der Waals surface area contributed by atoms with E-state index in [0.29, 0.717) is 5.92 Å². The molecule has 0 aromatic rings. The summed E-state index contributed by atoms with van der Waals surface area (Å²) in [5.41, 5.74) is 0. The Bertz CT molecular complexity index is 145. The topological polar surface area (TPSA) is 29.5 Å². The maximum absolute atomic E-state index is 9.68. The summed E-state index contributed by atoms with van der Waals surface area (Å²) in [4.78, 5) is 0. The van der Waals surface area contributed by atoms with Crippen LogP contribution in [-0.4, -0.2) is 23.9 Å². The molecule has 0 spiro atoms. The zero-order valence-electron chi connectivity index (χ0n) is 7.70. The van der Waals surface area contributed by atoms with E-state index >= 15 is 0 Å². The van der Waals surface area contributed by atoms with E-state index < -0.39 is 0 Å². The fourth-order valence-corrected chi connectivity index (χ4v) is 1.66. The molecule has 2 heteroatoms. The first-order valence-electron chi connectivity index (χ1n) is 4.66. The van der Waals surface area contributed by atoms with Gasteiger partial charge in [0.25, 0.3) is 0 Å². The standard InChI is InChI=1S/C10H18O2/c1-3-4-5-9(11)10-8(2)6-7-12-10/h3,8-11H,1,4-7H2,2H3. The molecule has 3 unspecified atom stereocenters. The lowest BCUT2D eigenvalue weighted by Gasteiger charge is -2.20. The Morgan fingerprint density at radius 3 is 3.00 bits per heavy atom. The van der Waals surface area contributed by atoms with Gasteiger partial charge < -0.3 is 9.84 Å². The molecule has 0 amide bonds. The third-order valence-electron chi connectivity index (χ3n) is 2.49. The summed E-state index contributed by atoms with van der Waals surface area (Å²) in [6.07, 6.45) is 4.32. The van der Waals surface area contributed by atoms with Crippen molar-refractivity contribution < 1.29 is 9.84 Å². The van der Waals surface area contributed by atoms with Crippen LogP contribution in [0.1, 0.15) is 26.2 Å². The van der Waals surface area contributed by atoms with Gasteiger partial charge in [-0.15, -0.1) is 6.58 Å². The van der Waals surface area contributed by atoms with Crippen LogP contribution in [-0.2, 0) is 4.74 Å². The van der Waals surface area contributed by atoms with Gasteiger partial charge in [0.15, 0.2) is 0 Å². The molecule has 3 atom stereocenters. The molecular weight excluding hydrogens is 152 g/mol. The molecule has 1 rings (SSSR count). The first kappa shape index (κ1) is 9.75. The molecule has 1 saturated heterocycles. The van der Waals surface area contributed by atoms with Crippen molar-refractivity contribution in [2.45, 2.75) is 38.4 Å². The Kier molecular flexibility index (Phi) is 3.76. The molecule has 0 saturated carbocycles. The first-order valence-corrected chi connectivity index (χ1v) is 4.66. The lowest BCUT2D eigenvalue weighted by atomic mass is 9.97. The molecule has 2 nitrogen and oxygen atoms in total. The van der Waals surface area contributed by atoms with Crippen molar-refractivity contribution >= 4 is 0 Å². The second-order valence-electron chi connectivity index (χ2n) is 3.53. The predicted molar refractivity (Wildman–Crippen MR) is 49.0 cm³/mol. The van der Waals surface area contributed by atoms with Gasteiger partial charge in [0.05, 0.1) is 12.2 Å². The number of hydrogen-bond acceptors (Lipinski definition) is 2. The zero-order chi connectivity index (χ0) is 8.97. The zero-order valence-corrected chi connectivity index (χ0v) is 7.70. The molecule has 0 bridgehead atoms. The van der Waals surface area contributed by atoms with Crippen LogP contribution >= 0.6 is 0 Å². The second-order valence-corrected chi connectivity index (χ2v) is 3.53. The summed E-state index contributed by atoms with van der Waals surface area (Å²) in [5, 5.41) is 9.68. The van der Waals surface area contributed by atoms with Crippen molar-refractivity contribution in [3.63, 3.8) is 0 Å². The Morgan fingerprint density at radius 1 is 1.75 bits per heavy atom. The quantitative estimate of drug-likeness (QED) is 0.651. The molecule has 0 aromatic heterocycles. The smallest absolute Gasteiger partial charge is 0.0860 e. The molecule has 1 aliphatic rings. The Hall–Kier alpha value is -0.340. The highest BCUT2D eigenvalue weighted by atomic mass is 16.5. The number of ether oxygens (including phenoxy) is 1. The molecule has 0 aromatic carbocycles. The van der Waals surface area contributed by atoms with Crippen LogP contribution < -0.4 is 0 Å². The van der Waals surface area contributed by atoms with Crippen LogP contribution in [0, 0.1) is 5.92 Å². The van der Waals surface area contributed by atoms with Crippen LogP contribution in [0.2, 0.25) is 0 Å². The molecule has 1 aliphatic heterocycles. The maximum Gasteiger partial charge on any atom is 0.0860 e. The van der Waals surface area contributed by atoms with E-state index in [9.17, 15) is 5.11 Å². The largest absolute Gasteiger partial charge is 0.390 e. The van der Waals surface area contributed by atoms with Crippen LogP contribution in [0.25, 0.3) is 0 Å². The number of hydrogen-bond donors (Lipinski definition) is 1. The highest BCUT2D eigenvalue weighted by Gasteiger charge is 2.29. The van der Waals surface area contributed by atoms with E-state index in [1.807, 2.05) is 6.08 Å². The van der Waals surface area contributed by atoms with E-state index in [2.05, 4.69) is 13.5 Å². The van der Waals surface area contributed by atoms with E-state index in [0.717, 1.165) is 25.9 Å². The summed E-state index contributed by atoms with van der Waals surface area (Å²) in [5.74, 6) is 0.504. The van der Waals surface area contributed by atoms with Crippen LogP contribution in [0.4, 0.5) is 0 Å². The average molecular weight is 170 g/mol. The van der Waals surface area contributed by atoms with E-state index in [4.69, 9.17) is 4.74 Å². The first-order chi connectivity index (χ1) is 5.75. The molecule has 1 fully saturated rings. The summed E-state index contributed by atoms with van der Waals surface area (Å²) < 4.78 is 5.44. The third-order valence-corrected chi connectivity index (χ3v) is 2.49. The van der Waals surface area contributed by atoms with Gasteiger partial charge in [0.2, 0.25) is 0 Å². The average Bonchev–Trinajstić information content (AvgIpc) is 2.47. The molecule has 12 heavy (non-hydrogen) atoms. The van der Waals surface area contributed by atoms with Gasteiger partial charge in [-0.1, -0.05) is 13.0 Å². The van der Waals surface area contributed by atoms with Gasteiger partial charge in [-0.05, 0) is 25.2 Å². The molecule has 70 valence electrons. The molecule has 0 radical (unpaired) electrons. The van der Waals surface area contributed by atoms with Gasteiger partial charge in [-0.25, -0.2) is 0 Å². The maximum atomic E-state index is 9.68. The molecular formula is C10H18O2. The lowest BCUT2D eigenvalue weighted by molar-refractivity contribution is -0.0194. The van der Waals surface area contributed by atoms with Gasteiger partial charge in [-0.3, -0.25) is 0 Å². The van der Waals surface area contributed by atoms with Gasteiger partial charge in [0, 0.05) is 6.61 Å². The number of allylic oxidation sites excluding steroid dienone is 1. The van der Waals surface area contributed by atoms with Crippen molar-refractivity contribution in [2.75, 3.05) is 6.61 Å². The van der Waals surface area contributed by atoms with Crippen molar-refractivity contribution in [3.8, 4) is 0 Å². The number of aliphatic hydroxyl groups is 1. The Balaban J connectivity index is 2.29. The fraction of sp³-hybridized carbons (Fsp3) is 0.800. The summed E-state index contributed by atoms with van der Waals surface area (Å²) in [6.45, 7) is 6.56. The minimum atomic E-state index is -0.305. The highest BCUT2D eigenvalue weighted by molar-refractivity contribution is 4.81. The van der Waals surface area contributed by atoms with Crippen molar-refractivity contribution in [1.82, 2.24) is 0 Å². The van der Waals surface area contributed by atoms with E-state index in [-0.39, 0.29) is 12.2 Å². The van der Waals surface area contributed by atoms with Crippen LogP contribution in [0.5, 0.6) is 0 Å². The Labute approximate surface area is 74.2 Å². The van der Waals surface area contributed by atoms with E-state index in [1.165, 1.54) is 0 Å². The second kappa shape index (κ2) is 4.63. The minimum absolute atomic E-state index is 0.0601. The third kappa shape index (κ3) is 2.32. The molecule has 1 heterocycles. The van der Waals surface area contributed by atoms with Gasteiger partial charge in [0.1, 0.15) is 0 Å². The lowest BCUT2D eigenvalue weighted by Crippen LogP contribution is -2.29. The minimum Gasteiger partial charge on any atom is -0.390 e. The van der Waals surface area contributed by atoms with Gasteiger partial charge >= 0.3 is 0 Å². The SMILES string of the molecule is C=CCCC(O)C1OCCC1C. The normalized spacial score (nSPS) is 31.8. The Morgan fingerprint density at radius 2 is 2.50 bits per heavy atom. The van der Waals surface area contributed by atoms with E-state index in [1.54, 1.807) is 0 Å². The summed E-state index contributed by atoms with van der Waals surface area (Å²) >= 11 is 0. The predicted octanol–water partition coefficient (Wildman–Crippen LogP) is 1.74. The summed E-state index contributed by atoms with van der Waals surface area (Å²) in [6, 6.07) is 0.